The van der Waals surface area contributed by atoms with E-state index in [9.17, 15) is 9.59 Å². The van der Waals surface area contributed by atoms with Crippen LogP contribution in [-0.4, -0.2) is 17.4 Å². The molecule has 3 heteroatoms. The van der Waals surface area contributed by atoms with Crippen molar-refractivity contribution in [1.82, 2.24) is 0 Å². The Morgan fingerprint density at radius 1 is 0.920 bits per heavy atom. The highest BCUT2D eigenvalue weighted by atomic mass is 16.6. The molecule has 1 heterocycles. The standard InChI is InChI=1S/C22H30O3/c1-20-9-5-15(23)13-14(20)3-4-16-17(20)6-10-21(2)18(16)7-11-22(21)12-8-19(24)25-22/h13,16-18H,3-12H2,1-2H3/t16-,17+,18+,20+,21-,22-/m1/s1. The molecule has 25 heavy (non-hydrogen) atoms. The lowest BCUT2D eigenvalue weighted by Crippen LogP contribution is -2.54. The molecule has 0 N–H and O–H groups in total. The third-order valence-electron chi connectivity index (χ3n) is 9.29. The van der Waals surface area contributed by atoms with E-state index in [1.54, 1.807) is 0 Å². The number of fused-ring (bicyclic) bond motifs is 6. The molecule has 4 fully saturated rings. The molecule has 1 spiro atoms. The summed E-state index contributed by atoms with van der Waals surface area (Å²) in [4.78, 5) is 23.8. The van der Waals surface area contributed by atoms with Gasteiger partial charge in [-0.3, -0.25) is 9.59 Å². The summed E-state index contributed by atoms with van der Waals surface area (Å²) in [6, 6.07) is 0. The van der Waals surface area contributed by atoms with Crippen molar-refractivity contribution in [2.24, 2.45) is 28.6 Å². The van der Waals surface area contributed by atoms with Gasteiger partial charge in [-0.15, -0.1) is 0 Å². The molecule has 0 amide bonds. The number of hydrogen-bond donors (Lipinski definition) is 0. The van der Waals surface area contributed by atoms with Gasteiger partial charge in [-0.1, -0.05) is 19.4 Å². The predicted molar refractivity (Wildman–Crippen MR) is 94.8 cm³/mol. The van der Waals surface area contributed by atoms with Crippen molar-refractivity contribution in [1.29, 1.82) is 0 Å². The first-order valence-corrected chi connectivity index (χ1v) is 10.3. The summed E-state index contributed by atoms with van der Waals surface area (Å²) in [5.41, 5.74) is 1.68. The SMILES string of the molecule is C[C@]12CCC(=O)C=C1CC[C@@H]1[C@@H]2CC[C@]2(C)[C@H]1CC[C@@]21CCC(=O)O1. The van der Waals surface area contributed by atoms with E-state index in [1.807, 2.05) is 6.08 Å². The van der Waals surface area contributed by atoms with Gasteiger partial charge in [-0.25, -0.2) is 0 Å². The number of esters is 1. The van der Waals surface area contributed by atoms with E-state index >= 15 is 0 Å². The fourth-order valence-electron chi connectivity index (χ4n) is 7.85. The summed E-state index contributed by atoms with van der Waals surface area (Å²) in [6.07, 6.45) is 12.3. The zero-order chi connectivity index (χ0) is 17.4. The molecule has 0 unspecified atom stereocenters. The number of carbonyl (C=O) groups is 2. The van der Waals surface area contributed by atoms with E-state index in [0.29, 0.717) is 24.0 Å². The molecule has 0 aromatic heterocycles. The average molecular weight is 342 g/mol. The molecule has 4 aliphatic carbocycles. The van der Waals surface area contributed by atoms with Crippen LogP contribution >= 0.6 is 0 Å². The van der Waals surface area contributed by atoms with E-state index < -0.39 is 0 Å². The minimum atomic E-state index is -0.167. The molecular formula is C22H30O3. The Hall–Kier alpha value is -1.12. The first kappa shape index (κ1) is 16.1. The van der Waals surface area contributed by atoms with Crippen LogP contribution in [0, 0.1) is 28.6 Å². The van der Waals surface area contributed by atoms with E-state index in [4.69, 9.17) is 4.74 Å². The predicted octanol–water partition coefficient (Wildman–Crippen LogP) is 4.59. The van der Waals surface area contributed by atoms with Gasteiger partial charge in [0.05, 0.1) is 0 Å². The number of rotatable bonds is 0. The monoisotopic (exact) mass is 342 g/mol. The minimum Gasteiger partial charge on any atom is -0.458 e. The molecule has 3 saturated carbocycles. The Morgan fingerprint density at radius 2 is 1.72 bits per heavy atom. The topological polar surface area (TPSA) is 43.4 Å². The Balaban J connectivity index is 1.49. The van der Waals surface area contributed by atoms with Gasteiger partial charge in [0.2, 0.25) is 0 Å². The first-order chi connectivity index (χ1) is 11.9. The molecule has 5 aliphatic rings. The number of allylic oxidation sites excluding steroid dienone is 1. The van der Waals surface area contributed by atoms with Crippen LogP contribution in [-0.2, 0) is 14.3 Å². The highest BCUT2D eigenvalue weighted by Gasteiger charge is 2.66. The Labute approximate surface area is 150 Å². The van der Waals surface area contributed by atoms with Gasteiger partial charge >= 0.3 is 5.97 Å². The van der Waals surface area contributed by atoms with E-state index in [-0.39, 0.29) is 22.4 Å². The molecule has 0 bridgehead atoms. The number of ketones is 1. The van der Waals surface area contributed by atoms with Crippen molar-refractivity contribution in [2.75, 3.05) is 0 Å². The van der Waals surface area contributed by atoms with E-state index in [2.05, 4.69) is 13.8 Å². The lowest BCUT2D eigenvalue weighted by Gasteiger charge is -2.59. The maximum absolute atomic E-state index is 11.9. The van der Waals surface area contributed by atoms with Crippen molar-refractivity contribution in [3.63, 3.8) is 0 Å². The Morgan fingerprint density at radius 3 is 2.48 bits per heavy atom. The number of ether oxygens (including phenoxy) is 1. The van der Waals surface area contributed by atoms with Crippen molar-refractivity contribution >= 4 is 11.8 Å². The second-order valence-corrected chi connectivity index (χ2v) is 9.93. The number of hydrogen-bond acceptors (Lipinski definition) is 3. The van der Waals surface area contributed by atoms with Crippen LogP contribution in [0.1, 0.15) is 78.1 Å². The quantitative estimate of drug-likeness (QED) is 0.605. The van der Waals surface area contributed by atoms with Crippen molar-refractivity contribution in [3.8, 4) is 0 Å². The molecule has 0 radical (unpaired) electrons. The van der Waals surface area contributed by atoms with Gasteiger partial charge in [-0.2, -0.15) is 0 Å². The average Bonchev–Trinajstić information content (AvgIpc) is 3.10. The molecule has 3 nitrogen and oxygen atoms in total. The molecule has 5 rings (SSSR count). The molecule has 1 saturated heterocycles. The lowest BCUT2D eigenvalue weighted by molar-refractivity contribution is -0.168. The van der Waals surface area contributed by atoms with Gasteiger partial charge in [0.15, 0.2) is 5.78 Å². The maximum Gasteiger partial charge on any atom is 0.306 e. The third-order valence-corrected chi connectivity index (χ3v) is 9.29. The normalized spacial score (nSPS) is 51.6. The smallest absolute Gasteiger partial charge is 0.306 e. The Kier molecular flexibility index (Phi) is 3.21. The summed E-state index contributed by atoms with van der Waals surface area (Å²) in [5, 5.41) is 0. The van der Waals surface area contributed by atoms with Crippen LogP contribution in [0.2, 0.25) is 0 Å². The van der Waals surface area contributed by atoms with Gasteiger partial charge in [0, 0.05) is 18.3 Å². The molecule has 0 aromatic carbocycles. The van der Waals surface area contributed by atoms with Gasteiger partial charge in [0.25, 0.3) is 0 Å². The first-order valence-electron chi connectivity index (χ1n) is 10.3. The summed E-state index contributed by atoms with van der Waals surface area (Å²) in [5.74, 6) is 2.51. The van der Waals surface area contributed by atoms with Crippen LogP contribution in [0.3, 0.4) is 0 Å². The molecule has 1 aliphatic heterocycles. The summed E-state index contributed by atoms with van der Waals surface area (Å²) in [7, 11) is 0. The second kappa shape index (κ2) is 4.98. The highest BCUT2D eigenvalue weighted by Crippen LogP contribution is 2.69. The highest BCUT2D eigenvalue weighted by molar-refractivity contribution is 5.91. The molecule has 0 aromatic rings. The molecular weight excluding hydrogens is 312 g/mol. The lowest BCUT2D eigenvalue weighted by atomic mass is 9.46. The van der Waals surface area contributed by atoms with Gasteiger partial charge in [0.1, 0.15) is 5.60 Å². The van der Waals surface area contributed by atoms with E-state index in [0.717, 1.165) is 38.0 Å². The maximum atomic E-state index is 11.9. The summed E-state index contributed by atoms with van der Waals surface area (Å²) >= 11 is 0. The van der Waals surface area contributed by atoms with E-state index in [1.165, 1.54) is 31.3 Å². The Bertz CT molecular complexity index is 679. The summed E-state index contributed by atoms with van der Waals surface area (Å²) in [6.45, 7) is 4.86. The van der Waals surface area contributed by atoms with Crippen molar-refractivity contribution in [2.45, 2.75) is 83.7 Å². The second-order valence-electron chi connectivity index (χ2n) is 9.93. The zero-order valence-electron chi connectivity index (χ0n) is 15.6. The van der Waals surface area contributed by atoms with Crippen LogP contribution in [0.5, 0.6) is 0 Å². The van der Waals surface area contributed by atoms with Crippen LogP contribution in [0.4, 0.5) is 0 Å². The van der Waals surface area contributed by atoms with Crippen LogP contribution in [0.15, 0.2) is 11.6 Å². The third kappa shape index (κ3) is 1.93. The zero-order valence-corrected chi connectivity index (χ0v) is 15.6. The minimum absolute atomic E-state index is 0.0237. The van der Waals surface area contributed by atoms with Crippen LogP contribution in [0.25, 0.3) is 0 Å². The summed E-state index contributed by atoms with van der Waals surface area (Å²) < 4.78 is 6.01. The van der Waals surface area contributed by atoms with Gasteiger partial charge < -0.3 is 4.74 Å². The van der Waals surface area contributed by atoms with Crippen molar-refractivity contribution in [3.05, 3.63) is 11.6 Å². The number of carbonyl (C=O) groups excluding carboxylic acids is 2. The van der Waals surface area contributed by atoms with Gasteiger partial charge in [-0.05, 0) is 80.6 Å². The van der Waals surface area contributed by atoms with Crippen LogP contribution < -0.4 is 0 Å². The molecule has 6 atom stereocenters. The van der Waals surface area contributed by atoms with Crippen molar-refractivity contribution < 1.29 is 14.3 Å². The fourth-order valence-corrected chi connectivity index (χ4v) is 7.85. The molecule has 136 valence electrons. The largest absolute Gasteiger partial charge is 0.458 e. The fraction of sp³-hybridized carbons (Fsp3) is 0.818.